The van der Waals surface area contributed by atoms with Gasteiger partial charge in [0.05, 0.1) is 0 Å². The molecule has 2 rings (SSSR count). The maximum atomic E-state index is 12.6. The summed E-state index contributed by atoms with van der Waals surface area (Å²) >= 11 is 0. The monoisotopic (exact) mass is 329 g/mol. The molecule has 0 aliphatic heterocycles. The Morgan fingerprint density at radius 1 is 1.35 bits per heavy atom. The standard InChI is InChI=1S/C12H10F3N5O3/c1-6-4-7(17-11(16-6)12(13,14)15)10(23)18-8-2-3-20(19-8)5-9(21)22/h2-4H,5H2,1H3,(H,21,22)(H,18,19,23). The first-order valence-corrected chi connectivity index (χ1v) is 6.14. The number of amides is 1. The highest BCUT2D eigenvalue weighted by Crippen LogP contribution is 2.26. The molecule has 0 atom stereocenters. The first-order chi connectivity index (χ1) is 10.6. The van der Waals surface area contributed by atoms with Crippen LogP contribution in [0, 0.1) is 6.92 Å². The lowest BCUT2D eigenvalue weighted by Crippen LogP contribution is -2.19. The number of carboxylic acid groups (broad SMARTS) is 1. The quantitative estimate of drug-likeness (QED) is 0.876. The van der Waals surface area contributed by atoms with Crippen molar-refractivity contribution in [3.05, 3.63) is 35.5 Å². The molecule has 0 radical (unpaired) electrons. The molecule has 2 heterocycles. The van der Waals surface area contributed by atoms with Crippen LogP contribution < -0.4 is 5.32 Å². The fourth-order valence-corrected chi connectivity index (χ4v) is 1.65. The van der Waals surface area contributed by atoms with E-state index in [1.807, 2.05) is 0 Å². The van der Waals surface area contributed by atoms with E-state index in [2.05, 4.69) is 20.4 Å². The number of hydrogen-bond donors (Lipinski definition) is 2. The third-order valence-corrected chi connectivity index (χ3v) is 2.52. The van der Waals surface area contributed by atoms with Gasteiger partial charge in [0, 0.05) is 18.0 Å². The van der Waals surface area contributed by atoms with E-state index in [9.17, 15) is 22.8 Å². The van der Waals surface area contributed by atoms with Crippen molar-refractivity contribution in [1.29, 1.82) is 0 Å². The van der Waals surface area contributed by atoms with Gasteiger partial charge in [0.2, 0.25) is 5.82 Å². The highest BCUT2D eigenvalue weighted by molar-refractivity contribution is 6.02. The van der Waals surface area contributed by atoms with E-state index in [1.54, 1.807) is 0 Å². The molecule has 0 fully saturated rings. The topological polar surface area (TPSA) is 110 Å². The number of carboxylic acids is 1. The number of rotatable bonds is 4. The predicted octanol–water partition coefficient (Wildman–Crippen LogP) is 1.34. The summed E-state index contributed by atoms with van der Waals surface area (Å²) in [7, 11) is 0. The van der Waals surface area contributed by atoms with Gasteiger partial charge in [-0.3, -0.25) is 14.3 Å². The maximum absolute atomic E-state index is 12.6. The van der Waals surface area contributed by atoms with Crippen molar-refractivity contribution in [3.63, 3.8) is 0 Å². The van der Waals surface area contributed by atoms with Gasteiger partial charge in [0.1, 0.15) is 12.2 Å². The summed E-state index contributed by atoms with van der Waals surface area (Å²) in [6, 6.07) is 2.40. The smallest absolute Gasteiger partial charge is 0.451 e. The lowest BCUT2D eigenvalue weighted by molar-refractivity contribution is -0.145. The van der Waals surface area contributed by atoms with E-state index >= 15 is 0 Å². The molecule has 1 amide bonds. The van der Waals surface area contributed by atoms with Crippen molar-refractivity contribution in [2.24, 2.45) is 0 Å². The zero-order valence-electron chi connectivity index (χ0n) is 11.6. The van der Waals surface area contributed by atoms with Crippen molar-refractivity contribution in [3.8, 4) is 0 Å². The van der Waals surface area contributed by atoms with Gasteiger partial charge in [0.15, 0.2) is 5.82 Å². The minimum atomic E-state index is -4.77. The van der Waals surface area contributed by atoms with Crippen LogP contribution in [0.1, 0.15) is 22.0 Å². The van der Waals surface area contributed by atoms with E-state index < -0.39 is 36.1 Å². The molecule has 23 heavy (non-hydrogen) atoms. The summed E-state index contributed by atoms with van der Waals surface area (Å²) in [5.41, 5.74) is -0.494. The fraction of sp³-hybridized carbons (Fsp3) is 0.250. The molecule has 2 aromatic rings. The van der Waals surface area contributed by atoms with E-state index in [0.29, 0.717) is 0 Å². The summed E-state index contributed by atoms with van der Waals surface area (Å²) in [5.74, 6) is -3.48. The molecule has 122 valence electrons. The largest absolute Gasteiger partial charge is 0.480 e. The molecule has 2 N–H and O–H groups in total. The van der Waals surface area contributed by atoms with Gasteiger partial charge < -0.3 is 10.4 Å². The Bertz CT molecular complexity index is 757. The van der Waals surface area contributed by atoms with Crippen molar-refractivity contribution < 1.29 is 27.9 Å². The lowest BCUT2D eigenvalue weighted by Gasteiger charge is -2.08. The van der Waals surface area contributed by atoms with Crippen molar-refractivity contribution >= 4 is 17.7 Å². The number of hydrogen-bond acceptors (Lipinski definition) is 5. The number of alkyl halides is 3. The van der Waals surface area contributed by atoms with Crippen LogP contribution in [0.25, 0.3) is 0 Å². The van der Waals surface area contributed by atoms with Crippen molar-refractivity contribution in [2.75, 3.05) is 5.32 Å². The number of aryl methyl sites for hydroxylation is 1. The lowest BCUT2D eigenvalue weighted by atomic mass is 10.3. The highest BCUT2D eigenvalue weighted by atomic mass is 19.4. The number of halogens is 3. The third-order valence-electron chi connectivity index (χ3n) is 2.52. The summed E-state index contributed by atoms with van der Waals surface area (Å²) in [6.07, 6.45) is -3.47. The summed E-state index contributed by atoms with van der Waals surface area (Å²) in [4.78, 5) is 28.9. The van der Waals surface area contributed by atoms with E-state index in [-0.39, 0.29) is 11.5 Å². The molecule has 2 aromatic heterocycles. The minimum absolute atomic E-state index is 0.0129. The molecule has 0 bridgehead atoms. The first-order valence-electron chi connectivity index (χ1n) is 6.14. The Hall–Kier alpha value is -2.98. The number of nitrogens with zero attached hydrogens (tertiary/aromatic N) is 4. The second-order valence-electron chi connectivity index (χ2n) is 4.46. The van der Waals surface area contributed by atoms with Gasteiger partial charge >= 0.3 is 12.1 Å². The summed E-state index contributed by atoms with van der Waals surface area (Å²) < 4.78 is 39.0. The molecule has 0 aliphatic rings. The van der Waals surface area contributed by atoms with Gasteiger partial charge in [-0.15, -0.1) is 0 Å². The van der Waals surface area contributed by atoms with E-state index in [1.165, 1.54) is 19.2 Å². The van der Waals surface area contributed by atoms with Gasteiger partial charge in [0.25, 0.3) is 5.91 Å². The second kappa shape index (κ2) is 6.02. The Morgan fingerprint density at radius 3 is 2.65 bits per heavy atom. The average Bonchev–Trinajstić information content (AvgIpc) is 2.83. The number of aliphatic carboxylic acids is 1. The van der Waals surface area contributed by atoms with Crippen LogP contribution in [-0.2, 0) is 17.5 Å². The minimum Gasteiger partial charge on any atom is -0.480 e. The normalized spacial score (nSPS) is 11.3. The molecule has 0 aliphatic carbocycles. The van der Waals surface area contributed by atoms with Crippen LogP contribution >= 0.6 is 0 Å². The van der Waals surface area contributed by atoms with Crippen LogP contribution in [0.2, 0.25) is 0 Å². The van der Waals surface area contributed by atoms with E-state index in [4.69, 9.17) is 5.11 Å². The zero-order valence-corrected chi connectivity index (χ0v) is 11.6. The number of carbonyl (C=O) groups excluding carboxylic acids is 1. The summed E-state index contributed by atoms with van der Waals surface area (Å²) in [5, 5.41) is 14.6. The van der Waals surface area contributed by atoms with Crippen LogP contribution in [0.4, 0.5) is 19.0 Å². The van der Waals surface area contributed by atoms with Crippen LogP contribution in [-0.4, -0.2) is 36.7 Å². The van der Waals surface area contributed by atoms with Crippen LogP contribution in [0.15, 0.2) is 18.3 Å². The molecule has 0 unspecified atom stereocenters. The second-order valence-corrected chi connectivity index (χ2v) is 4.46. The predicted molar refractivity (Wildman–Crippen MR) is 69.6 cm³/mol. The fourth-order valence-electron chi connectivity index (χ4n) is 1.65. The van der Waals surface area contributed by atoms with Crippen LogP contribution in [0.5, 0.6) is 0 Å². The third kappa shape index (κ3) is 4.25. The Balaban J connectivity index is 2.19. The average molecular weight is 329 g/mol. The van der Waals surface area contributed by atoms with Crippen molar-refractivity contribution in [1.82, 2.24) is 19.7 Å². The van der Waals surface area contributed by atoms with Gasteiger partial charge in [-0.2, -0.15) is 18.3 Å². The zero-order chi connectivity index (χ0) is 17.2. The molecular weight excluding hydrogens is 319 g/mol. The SMILES string of the molecule is Cc1cc(C(=O)Nc2ccn(CC(=O)O)n2)nc(C(F)(F)F)n1. The summed E-state index contributed by atoms with van der Waals surface area (Å²) in [6.45, 7) is 0.885. The number of nitrogens with one attached hydrogen (secondary N) is 1. The number of carbonyl (C=O) groups is 2. The number of anilines is 1. The number of aromatic nitrogens is 4. The highest BCUT2D eigenvalue weighted by Gasteiger charge is 2.35. The van der Waals surface area contributed by atoms with Crippen LogP contribution in [0.3, 0.4) is 0 Å². The van der Waals surface area contributed by atoms with E-state index in [0.717, 1.165) is 10.7 Å². The van der Waals surface area contributed by atoms with Gasteiger partial charge in [-0.1, -0.05) is 0 Å². The van der Waals surface area contributed by atoms with Gasteiger partial charge in [-0.05, 0) is 13.0 Å². The molecule has 0 saturated carbocycles. The Labute approximate surface area is 127 Å². The molecule has 0 aromatic carbocycles. The first kappa shape index (κ1) is 16.4. The maximum Gasteiger partial charge on any atom is 0.451 e. The molecular formula is C12H10F3N5O3. The Kier molecular flexibility index (Phi) is 4.29. The molecule has 0 saturated heterocycles. The van der Waals surface area contributed by atoms with Crippen molar-refractivity contribution in [2.45, 2.75) is 19.6 Å². The molecule has 11 heteroatoms. The van der Waals surface area contributed by atoms with Gasteiger partial charge in [-0.25, -0.2) is 9.97 Å². The molecule has 0 spiro atoms. The molecule has 8 nitrogen and oxygen atoms in total. The Morgan fingerprint density at radius 2 is 2.04 bits per heavy atom.